The summed E-state index contributed by atoms with van der Waals surface area (Å²) < 4.78 is 11.7. The Labute approximate surface area is 189 Å². The predicted octanol–water partition coefficient (Wildman–Crippen LogP) is 6.50. The predicted molar refractivity (Wildman–Crippen MR) is 127 cm³/mol. The van der Waals surface area contributed by atoms with Gasteiger partial charge in [0.1, 0.15) is 0 Å². The summed E-state index contributed by atoms with van der Waals surface area (Å²) in [6.07, 6.45) is 6.26. The summed E-state index contributed by atoms with van der Waals surface area (Å²) in [5.74, 6) is 0.961. The Balaban J connectivity index is 1.83. The van der Waals surface area contributed by atoms with Crippen LogP contribution in [0.15, 0.2) is 53.1 Å². The van der Waals surface area contributed by atoms with E-state index in [1.807, 2.05) is 50.2 Å². The fourth-order valence-corrected chi connectivity index (χ4v) is 3.65. The summed E-state index contributed by atoms with van der Waals surface area (Å²) in [6.45, 7) is 7.00. The molecule has 1 aliphatic rings. The smallest absolute Gasteiger partial charge is 0.280 e. The van der Waals surface area contributed by atoms with Crippen LogP contribution in [0.25, 0.3) is 6.08 Å². The normalized spacial score (nSPS) is 14.8. The van der Waals surface area contributed by atoms with Crippen LogP contribution >= 0.6 is 11.6 Å². The second-order valence-electron chi connectivity index (χ2n) is 7.37. The zero-order chi connectivity index (χ0) is 22.2. The molecule has 0 aliphatic carbocycles. The Morgan fingerprint density at radius 2 is 1.84 bits per heavy atom. The topological polar surface area (TPSA) is 51.1 Å². The first-order chi connectivity index (χ1) is 15.0. The van der Waals surface area contributed by atoms with Crippen molar-refractivity contribution < 1.29 is 14.3 Å². The minimum Gasteiger partial charge on any atom is -0.490 e. The molecule has 2 aromatic carbocycles. The van der Waals surface area contributed by atoms with E-state index in [0.29, 0.717) is 41.0 Å². The molecule has 3 rings (SSSR count). The number of para-hydroxylation sites is 1. The van der Waals surface area contributed by atoms with Gasteiger partial charge in [0.15, 0.2) is 11.5 Å². The fourth-order valence-electron chi connectivity index (χ4n) is 3.37. The van der Waals surface area contributed by atoms with Gasteiger partial charge in [-0.1, -0.05) is 56.0 Å². The van der Waals surface area contributed by atoms with Crippen LogP contribution in [-0.4, -0.2) is 24.8 Å². The molecule has 0 aromatic heterocycles. The van der Waals surface area contributed by atoms with Crippen molar-refractivity contribution in [3.63, 3.8) is 0 Å². The van der Waals surface area contributed by atoms with Crippen LogP contribution in [0.1, 0.15) is 52.0 Å². The van der Waals surface area contributed by atoms with Gasteiger partial charge in [-0.2, -0.15) is 10.1 Å². The van der Waals surface area contributed by atoms with E-state index in [1.54, 1.807) is 12.1 Å². The van der Waals surface area contributed by atoms with E-state index in [9.17, 15) is 4.79 Å². The molecule has 1 amide bonds. The highest BCUT2D eigenvalue weighted by Crippen LogP contribution is 2.38. The Bertz CT molecular complexity index is 970. The standard InChI is InChI=1S/C25H29ClN2O3/c1-4-6-7-11-14-31-24-22(26)16-19(17-23(24)30-5-2)15-21-18(3)27-28(25(21)29)20-12-9-8-10-13-20/h8-10,12-13,15-17H,4-7,11,14H2,1-3H3/b21-15-. The molecule has 1 heterocycles. The number of benzene rings is 2. The van der Waals surface area contributed by atoms with Crippen molar-refractivity contribution in [3.05, 3.63) is 58.6 Å². The molecule has 2 aromatic rings. The monoisotopic (exact) mass is 440 g/mol. The van der Waals surface area contributed by atoms with Crippen molar-refractivity contribution in [2.45, 2.75) is 46.5 Å². The maximum atomic E-state index is 13.0. The Morgan fingerprint density at radius 3 is 2.55 bits per heavy atom. The lowest BCUT2D eigenvalue weighted by atomic mass is 10.1. The van der Waals surface area contributed by atoms with Gasteiger partial charge in [0.2, 0.25) is 0 Å². The van der Waals surface area contributed by atoms with Gasteiger partial charge in [-0.3, -0.25) is 4.79 Å². The molecule has 0 radical (unpaired) electrons. The van der Waals surface area contributed by atoms with Crippen molar-refractivity contribution in [3.8, 4) is 11.5 Å². The minimum atomic E-state index is -0.172. The molecule has 0 saturated heterocycles. The number of hydrazone groups is 1. The van der Waals surface area contributed by atoms with Gasteiger partial charge in [0.25, 0.3) is 5.91 Å². The molecule has 0 saturated carbocycles. The minimum absolute atomic E-state index is 0.172. The van der Waals surface area contributed by atoms with Gasteiger partial charge >= 0.3 is 0 Å². The highest BCUT2D eigenvalue weighted by atomic mass is 35.5. The number of carbonyl (C=O) groups excluding carboxylic acids is 1. The molecule has 1 aliphatic heterocycles. The highest BCUT2D eigenvalue weighted by Gasteiger charge is 2.28. The van der Waals surface area contributed by atoms with Gasteiger partial charge in [0, 0.05) is 0 Å². The third-order valence-electron chi connectivity index (χ3n) is 4.95. The Hall–Kier alpha value is -2.79. The van der Waals surface area contributed by atoms with Crippen molar-refractivity contribution in [1.82, 2.24) is 0 Å². The lowest BCUT2D eigenvalue weighted by Crippen LogP contribution is -2.21. The van der Waals surface area contributed by atoms with Gasteiger partial charge in [-0.25, -0.2) is 0 Å². The lowest BCUT2D eigenvalue weighted by Gasteiger charge is -2.15. The third-order valence-corrected chi connectivity index (χ3v) is 5.23. The molecule has 5 nitrogen and oxygen atoms in total. The van der Waals surface area contributed by atoms with E-state index < -0.39 is 0 Å². The van der Waals surface area contributed by atoms with Gasteiger partial charge in [-0.05, 0) is 56.2 Å². The van der Waals surface area contributed by atoms with Crippen LogP contribution in [0.5, 0.6) is 11.5 Å². The molecule has 0 fully saturated rings. The quantitative estimate of drug-likeness (QED) is 0.313. The van der Waals surface area contributed by atoms with Crippen LogP contribution in [0, 0.1) is 0 Å². The average Bonchev–Trinajstić information content (AvgIpc) is 3.04. The number of carbonyl (C=O) groups is 1. The zero-order valence-electron chi connectivity index (χ0n) is 18.4. The molecule has 0 N–H and O–H groups in total. The fraction of sp³-hybridized carbons (Fsp3) is 0.360. The number of hydrogen-bond donors (Lipinski definition) is 0. The van der Waals surface area contributed by atoms with Crippen molar-refractivity contribution in [2.75, 3.05) is 18.2 Å². The summed E-state index contributed by atoms with van der Waals surface area (Å²) in [6, 6.07) is 13.0. The van der Waals surface area contributed by atoms with Gasteiger partial charge < -0.3 is 9.47 Å². The molecule has 164 valence electrons. The summed E-state index contributed by atoms with van der Waals surface area (Å²) >= 11 is 6.53. The first kappa shape index (κ1) is 22.9. The largest absolute Gasteiger partial charge is 0.490 e. The van der Waals surface area contributed by atoms with Crippen LogP contribution in [0.2, 0.25) is 5.02 Å². The van der Waals surface area contributed by atoms with Crippen molar-refractivity contribution >= 4 is 35.0 Å². The Morgan fingerprint density at radius 1 is 1.06 bits per heavy atom. The third kappa shape index (κ3) is 5.67. The summed E-state index contributed by atoms with van der Waals surface area (Å²) in [4.78, 5) is 13.0. The maximum absolute atomic E-state index is 13.0. The summed E-state index contributed by atoms with van der Waals surface area (Å²) in [5, 5.41) is 6.31. The SMILES string of the molecule is CCCCCCOc1c(Cl)cc(/C=C2\C(=O)N(c3ccccc3)N=C2C)cc1OCC. The highest BCUT2D eigenvalue weighted by molar-refractivity contribution is 6.33. The molecule has 31 heavy (non-hydrogen) atoms. The van der Waals surface area contributed by atoms with Crippen LogP contribution in [0.3, 0.4) is 0 Å². The van der Waals surface area contributed by atoms with Crippen LogP contribution < -0.4 is 14.5 Å². The van der Waals surface area contributed by atoms with E-state index in [2.05, 4.69) is 12.0 Å². The molecular formula is C25H29ClN2O3. The first-order valence-electron chi connectivity index (χ1n) is 10.8. The van der Waals surface area contributed by atoms with Crippen LogP contribution in [-0.2, 0) is 4.79 Å². The number of unbranched alkanes of at least 4 members (excludes halogenated alkanes) is 3. The van der Waals surface area contributed by atoms with E-state index in [-0.39, 0.29) is 5.91 Å². The number of halogens is 1. The summed E-state index contributed by atoms with van der Waals surface area (Å²) in [7, 11) is 0. The van der Waals surface area contributed by atoms with Crippen molar-refractivity contribution in [1.29, 1.82) is 0 Å². The summed E-state index contributed by atoms with van der Waals surface area (Å²) in [5.41, 5.74) is 2.67. The second kappa shape index (κ2) is 11.0. The molecule has 0 unspecified atom stereocenters. The second-order valence-corrected chi connectivity index (χ2v) is 7.78. The molecule has 0 atom stereocenters. The van der Waals surface area contributed by atoms with E-state index in [1.165, 1.54) is 17.9 Å². The van der Waals surface area contributed by atoms with E-state index in [4.69, 9.17) is 21.1 Å². The number of anilines is 1. The number of amides is 1. The van der Waals surface area contributed by atoms with Gasteiger partial charge in [0.05, 0.1) is 35.2 Å². The number of rotatable bonds is 10. The first-order valence-corrected chi connectivity index (χ1v) is 11.2. The average molecular weight is 441 g/mol. The molecular weight excluding hydrogens is 412 g/mol. The zero-order valence-corrected chi connectivity index (χ0v) is 19.1. The number of ether oxygens (including phenoxy) is 2. The molecule has 0 spiro atoms. The van der Waals surface area contributed by atoms with Gasteiger partial charge in [-0.15, -0.1) is 0 Å². The molecule has 6 heteroatoms. The molecule has 0 bridgehead atoms. The Kier molecular flexibility index (Phi) is 8.13. The lowest BCUT2D eigenvalue weighted by molar-refractivity contribution is -0.114. The maximum Gasteiger partial charge on any atom is 0.280 e. The number of nitrogens with zero attached hydrogens (tertiary/aromatic N) is 2. The number of hydrogen-bond acceptors (Lipinski definition) is 4. The van der Waals surface area contributed by atoms with Crippen molar-refractivity contribution in [2.24, 2.45) is 5.10 Å². The van der Waals surface area contributed by atoms with E-state index >= 15 is 0 Å². The van der Waals surface area contributed by atoms with E-state index in [0.717, 1.165) is 24.1 Å². The van der Waals surface area contributed by atoms with Crippen LogP contribution in [0.4, 0.5) is 5.69 Å².